The molecule has 2 aromatic carbocycles. The molecular weight excluding hydrogens is 326 g/mol. The van der Waals surface area contributed by atoms with Gasteiger partial charge in [-0.1, -0.05) is 25.0 Å². The molecule has 26 heavy (non-hydrogen) atoms. The second kappa shape index (κ2) is 8.13. The number of nitrogens with one attached hydrogen (secondary N) is 1. The first-order valence-electron chi connectivity index (χ1n) is 9.01. The molecule has 0 amide bonds. The molecule has 0 heterocycles. The Kier molecular flexibility index (Phi) is 5.66. The number of benzene rings is 2. The van der Waals surface area contributed by atoms with E-state index < -0.39 is 0 Å². The Morgan fingerprint density at radius 2 is 1.73 bits per heavy atom. The fraction of sp³-hybridized carbons (Fsp3) is 0.381. The fourth-order valence-corrected chi connectivity index (χ4v) is 3.64. The zero-order chi connectivity index (χ0) is 18.4. The zero-order valence-corrected chi connectivity index (χ0v) is 15.5. The lowest BCUT2D eigenvalue weighted by Crippen LogP contribution is -2.30. The summed E-state index contributed by atoms with van der Waals surface area (Å²) in [5.41, 5.74) is 8.36. The van der Waals surface area contributed by atoms with E-state index in [4.69, 9.17) is 15.2 Å². The fourth-order valence-electron chi connectivity index (χ4n) is 3.64. The van der Waals surface area contributed by atoms with Crippen molar-refractivity contribution in [3.63, 3.8) is 0 Å². The predicted molar refractivity (Wildman–Crippen MR) is 106 cm³/mol. The van der Waals surface area contributed by atoms with E-state index in [-0.39, 0.29) is 5.41 Å². The Hall–Kier alpha value is -2.69. The van der Waals surface area contributed by atoms with E-state index >= 15 is 0 Å². The van der Waals surface area contributed by atoms with Crippen LogP contribution in [0.15, 0.2) is 53.5 Å². The largest absolute Gasteiger partial charge is 0.497 e. The summed E-state index contributed by atoms with van der Waals surface area (Å²) in [6, 6.07) is 16.0. The number of nitrogens with zero attached hydrogens (tertiary/aromatic N) is 1. The van der Waals surface area contributed by atoms with Crippen LogP contribution in [0, 0.1) is 0 Å². The van der Waals surface area contributed by atoms with Crippen molar-refractivity contribution in [3.8, 4) is 11.5 Å². The van der Waals surface area contributed by atoms with Crippen LogP contribution >= 0.6 is 0 Å². The van der Waals surface area contributed by atoms with Crippen molar-refractivity contribution in [2.24, 2.45) is 10.7 Å². The monoisotopic (exact) mass is 353 g/mol. The van der Waals surface area contributed by atoms with Gasteiger partial charge in [0.1, 0.15) is 11.5 Å². The smallest absolute Gasteiger partial charge is 0.193 e. The molecule has 3 N–H and O–H groups in total. The molecule has 5 heteroatoms. The molecule has 0 unspecified atom stereocenters. The van der Waals surface area contributed by atoms with E-state index in [1.165, 1.54) is 18.4 Å². The van der Waals surface area contributed by atoms with Crippen molar-refractivity contribution >= 4 is 11.6 Å². The van der Waals surface area contributed by atoms with Gasteiger partial charge in [-0.2, -0.15) is 0 Å². The van der Waals surface area contributed by atoms with Gasteiger partial charge in [0.05, 0.1) is 20.8 Å². The van der Waals surface area contributed by atoms with Gasteiger partial charge in [-0.3, -0.25) is 4.99 Å². The summed E-state index contributed by atoms with van der Waals surface area (Å²) in [7, 11) is 3.35. The molecule has 1 aliphatic rings. The van der Waals surface area contributed by atoms with Crippen LogP contribution in [0.25, 0.3) is 0 Å². The highest BCUT2D eigenvalue weighted by atomic mass is 16.5. The van der Waals surface area contributed by atoms with Gasteiger partial charge in [0.25, 0.3) is 0 Å². The third kappa shape index (κ3) is 4.10. The second-order valence-electron chi connectivity index (χ2n) is 6.77. The Labute approximate surface area is 155 Å². The molecule has 1 fully saturated rings. The Bertz CT molecular complexity index is 750. The van der Waals surface area contributed by atoms with E-state index in [1.54, 1.807) is 14.2 Å². The summed E-state index contributed by atoms with van der Waals surface area (Å²) >= 11 is 0. The van der Waals surface area contributed by atoms with Gasteiger partial charge >= 0.3 is 0 Å². The third-order valence-corrected chi connectivity index (χ3v) is 5.16. The lowest BCUT2D eigenvalue weighted by atomic mass is 9.79. The quantitative estimate of drug-likeness (QED) is 0.610. The van der Waals surface area contributed by atoms with E-state index in [1.807, 2.05) is 30.3 Å². The number of ether oxygens (including phenoxy) is 2. The van der Waals surface area contributed by atoms with Gasteiger partial charge in [0.15, 0.2) is 5.96 Å². The summed E-state index contributed by atoms with van der Waals surface area (Å²) in [5.74, 6) is 2.14. The van der Waals surface area contributed by atoms with Crippen molar-refractivity contribution in [2.75, 3.05) is 26.1 Å². The minimum absolute atomic E-state index is 0.0424. The topological polar surface area (TPSA) is 68.9 Å². The van der Waals surface area contributed by atoms with Crippen LogP contribution in [0.3, 0.4) is 0 Å². The van der Waals surface area contributed by atoms with Gasteiger partial charge in [0.2, 0.25) is 0 Å². The van der Waals surface area contributed by atoms with Crippen LogP contribution in [0.5, 0.6) is 11.5 Å². The van der Waals surface area contributed by atoms with E-state index in [0.29, 0.717) is 12.5 Å². The Morgan fingerprint density at radius 1 is 1.04 bits per heavy atom. The number of hydrogen-bond acceptors (Lipinski definition) is 3. The molecule has 1 saturated carbocycles. The standard InChI is InChI=1S/C21H27N3O2/c1-25-18-10-8-17(9-11-18)24-20(22)23-15-21(12-3-4-13-21)16-6-5-7-19(14-16)26-2/h5-11,14H,3-4,12-13,15H2,1-2H3,(H3,22,23,24). The van der Waals surface area contributed by atoms with Gasteiger partial charge in [-0.25, -0.2) is 0 Å². The Morgan fingerprint density at radius 3 is 2.38 bits per heavy atom. The first kappa shape index (κ1) is 18.1. The van der Waals surface area contributed by atoms with E-state index in [0.717, 1.165) is 30.0 Å². The highest BCUT2D eigenvalue weighted by Gasteiger charge is 2.35. The minimum atomic E-state index is 0.0424. The molecule has 0 bridgehead atoms. The van der Waals surface area contributed by atoms with Crippen molar-refractivity contribution < 1.29 is 9.47 Å². The summed E-state index contributed by atoms with van der Waals surface area (Å²) in [6.07, 6.45) is 4.69. The molecule has 0 aromatic heterocycles. The van der Waals surface area contributed by atoms with E-state index in [9.17, 15) is 0 Å². The average molecular weight is 353 g/mol. The normalized spacial score (nSPS) is 16.3. The number of guanidine groups is 1. The molecule has 0 saturated heterocycles. The number of nitrogens with two attached hydrogens (primary N) is 1. The van der Waals surface area contributed by atoms with Crippen LogP contribution in [0.2, 0.25) is 0 Å². The van der Waals surface area contributed by atoms with Gasteiger partial charge in [-0.15, -0.1) is 0 Å². The molecule has 0 aliphatic heterocycles. The molecule has 0 spiro atoms. The third-order valence-electron chi connectivity index (χ3n) is 5.16. The molecule has 0 atom stereocenters. The van der Waals surface area contributed by atoms with Gasteiger partial charge in [0, 0.05) is 11.1 Å². The molecular formula is C21H27N3O2. The first-order chi connectivity index (χ1) is 12.6. The number of aliphatic imine (C=N–C) groups is 1. The molecule has 2 aromatic rings. The summed E-state index contributed by atoms with van der Waals surface area (Å²) < 4.78 is 10.6. The molecule has 3 rings (SSSR count). The van der Waals surface area contributed by atoms with Crippen LogP contribution in [0.1, 0.15) is 31.2 Å². The molecule has 1 aliphatic carbocycles. The highest BCUT2D eigenvalue weighted by Crippen LogP contribution is 2.42. The molecule has 5 nitrogen and oxygen atoms in total. The van der Waals surface area contributed by atoms with Crippen molar-refractivity contribution in [2.45, 2.75) is 31.1 Å². The van der Waals surface area contributed by atoms with Crippen LogP contribution in [-0.2, 0) is 5.41 Å². The average Bonchev–Trinajstić information content (AvgIpc) is 3.17. The maximum atomic E-state index is 6.13. The lowest BCUT2D eigenvalue weighted by molar-refractivity contribution is 0.408. The van der Waals surface area contributed by atoms with Crippen LogP contribution in [0.4, 0.5) is 5.69 Å². The lowest BCUT2D eigenvalue weighted by Gasteiger charge is -2.28. The zero-order valence-electron chi connectivity index (χ0n) is 15.5. The number of rotatable bonds is 6. The maximum Gasteiger partial charge on any atom is 0.193 e. The van der Waals surface area contributed by atoms with Crippen LogP contribution in [-0.4, -0.2) is 26.7 Å². The number of anilines is 1. The number of methoxy groups -OCH3 is 2. The van der Waals surface area contributed by atoms with Crippen molar-refractivity contribution in [1.82, 2.24) is 0 Å². The summed E-state index contributed by atoms with van der Waals surface area (Å²) in [4.78, 5) is 4.66. The highest BCUT2D eigenvalue weighted by molar-refractivity contribution is 5.92. The minimum Gasteiger partial charge on any atom is -0.497 e. The summed E-state index contributed by atoms with van der Waals surface area (Å²) in [6.45, 7) is 0.676. The maximum absolute atomic E-state index is 6.13. The van der Waals surface area contributed by atoms with Gasteiger partial charge in [-0.05, 0) is 54.8 Å². The van der Waals surface area contributed by atoms with Gasteiger partial charge < -0.3 is 20.5 Å². The van der Waals surface area contributed by atoms with E-state index in [2.05, 4.69) is 28.5 Å². The predicted octanol–water partition coefficient (Wildman–Crippen LogP) is 3.94. The van der Waals surface area contributed by atoms with Crippen LogP contribution < -0.4 is 20.5 Å². The summed E-state index contributed by atoms with van der Waals surface area (Å²) in [5, 5.41) is 3.16. The molecule has 0 radical (unpaired) electrons. The first-order valence-corrected chi connectivity index (χ1v) is 9.01. The van der Waals surface area contributed by atoms with Crippen molar-refractivity contribution in [3.05, 3.63) is 54.1 Å². The second-order valence-corrected chi connectivity index (χ2v) is 6.77. The Balaban J connectivity index is 1.73. The SMILES string of the molecule is COc1ccc(NC(N)=NCC2(c3cccc(OC)c3)CCCC2)cc1. The number of hydrogen-bond donors (Lipinski definition) is 2. The molecule has 138 valence electrons. The van der Waals surface area contributed by atoms with Crippen molar-refractivity contribution in [1.29, 1.82) is 0 Å².